The number of piperidine rings is 1. The zero-order chi connectivity index (χ0) is 26.3. The molecule has 188 valence electrons. The molecule has 5 rings (SSSR count). The zero-order valence-electron chi connectivity index (χ0n) is 19.2. The van der Waals surface area contributed by atoms with E-state index in [1.807, 2.05) is 4.90 Å². The molecule has 0 saturated carbocycles. The Labute approximate surface area is 208 Å². The first-order chi connectivity index (χ1) is 17.7. The van der Waals surface area contributed by atoms with Crippen LogP contribution in [0, 0.1) is 18.2 Å². The number of alkyl halides is 3. The van der Waals surface area contributed by atoms with Crippen LogP contribution in [0.25, 0.3) is 38.4 Å². The first-order valence-electron chi connectivity index (χ1n) is 11.4. The summed E-state index contributed by atoms with van der Waals surface area (Å²) in [4.78, 5) is 18.5. The van der Waals surface area contributed by atoms with E-state index in [-0.39, 0.29) is 39.7 Å². The zero-order valence-corrected chi connectivity index (χ0v) is 19.2. The Balaban J connectivity index is 1.74. The van der Waals surface area contributed by atoms with Crippen molar-refractivity contribution in [3.63, 3.8) is 0 Å². The second-order valence-corrected chi connectivity index (χ2v) is 8.70. The number of pyridine rings is 1. The van der Waals surface area contributed by atoms with E-state index in [1.165, 1.54) is 24.3 Å². The van der Waals surface area contributed by atoms with E-state index in [9.17, 15) is 22.0 Å². The Morgan fingerprint density at radius 1 is 0.946 bits per heavy atom. The summed E-state index contributed by atoms with van der Waals surface area (Å²) < 4.78 is 70.3. The first kappa shape index (κ1) is 24.5. The van der Waals surface area contributed by atoms with E-state index in [1.54, 1.807) is 0 Å². The normalized spacial score (nSPS) is 14.7. The van der Waals surface area contributed by atoms with Gasteiger partial charge in [-0.1, -0.05) is 18.2 Å². The third-order valence-electron chi connectivity index (χ3n) is 6.27. The van der Waals surface area contributed by atoms with Crippen molar-refractivity contribution >= 4 is 22.7 Å². The van der Waals surface area contributed by atoms with E-state index in [4.69, 9.17) is 12.3 Å². The van der Waals surface area contributed by atoms with E-state index in [2.05, 4.69) is 19.8 Å². The maximum absolute atomic E-state index is 14.7. The average Bonchev–Trinajstić information content (AvgIpc) is 2.87. The highest BCUT2D eigenvalue weighted by Gasteiger charge is 2.35. The Kier molecular flexibility index (Phi) is 6.21. The van der Waals surface area contributed by atoms with Gasteiger partial charge in [0, 0.05) is 30.3 Å². The van der Waals surface area contributed by atoms with Crippen LogP contribution in [0.15, 0.2) is 48.5 Å². The standard InChI is InChI=1S/C26H19F5N6/c1-33-19-6-5-14(13-18(19)28)23-24-21(35-25(36-23)37-11-9-15(32)10-12-37)8-7-20(34-24)22-16(26(29,30)31)3-2-4-17(22)27/h2-8,13,15H,9-12,32H2. The summed E-state index contributed by atoms with van der Waals surface area (Å²) in [7, 11) is 0. The van der Waals surface area contributed by atoms with Crippen molar-refractivity contribution in [2.75, 3.05) is 18.0 Å². The molecular formula is C26H19F5N6. The van der Waals surface area contributed by atoms with E-state index in [0.717, 1.165) is 37.1 Å². The van der Waals surface area contributed by atoms with Crippen LogP contribution < -0.4 is 10.6 Å². The third kappa shape index (κ3) is 4.68. The van der Waals surface area contributed by atoms with Gasteiger partial charge >= 0.3 is 6.18 Å². The van der Waals surface area contributed by atoms with Crippen molar-refractivity contribution in [2.45, 2.75) is 25.1 Å². The fourth-order valence-electron chi connectivity index (χ4n) is 4.35. The van der Waals surface area contributed by atoms with Crippen LogP contribution in [0.2, 0.25) is 0 Å². The molecule has 6 nitrogen and oxygen atoms in total. The molecular weight excluding hydrogens is 491 g/mol. The number of rotatable bonds is 3. The molecule has 1 aliphatic rings. The second-order valence-electron chi connectivity index (χ2n) is 8.70. The monoisotopic (exact) mass is 510 g/mol. The van der Waals surface area contributed by atoms with Crippen LogP contribution in [0.1, 0.15) is 18.4 Å². The summed E-state index contributed by atoms with van der Waals surface area (Å²) in [6.07, 6.45) is -3.38. The van der Waals surface area contributed by atoms with Crippen molar-refractivity contribution in [2.24, 2.45) is 5.73 Å². The third-order valence-corrected chi connectivity index (χ3v) is 6.27. The maximum atomic E-state index is 14.7. The number of halogens is 5. The number of anilines is 1. The number of hydrogen-bond acceptors (Lipinski definition) is 5. The minimum Gasteiger partial charge on any atom is -0.341 e. The maximum Gasteiger partial charge on any atom is 0.417 e. The second kappa shape index (κ2) is 9.37. The van der Waals surface area contributed by atoms with Gasteiger partial charge in [0.15, 0.2) is 0 Å². The molecule has 37 heavy (non-hydrogen) atoms. The fourth-order valence-corrected chi connectivity index (χ4v) is 4.35. The Bertz CT molecular complexity index is 1540. The highest BCUT2D eigenvalue weighted by Crippen LogP contribution is 2.39. The topological polar surface area (TPSA) is 72.3 Å². The van der Waals surface area contributed by atoms with Crippen LogP contribution in [0.3, 0.4) is 0 Å². The van der Waals surface area contributed by atoms with Gasteiger partial charge in [-0.3, -0.25) is 0 Å². The summed E-state index contributed by atoms with van der Waals surface area (Å²) in [6, 6.07) is 9.34. The lowest BCUT2D eigenvalue weighted by molar-refractivity contribution is -0.137. The van der Waals surface area contributed by atoms with Gasteiger partial charge in [-0.25, -0.2) is 28.6 Å². The van der Waals surface area contributed by atoms with Crippen molar-refractivity contribution in [1.29, 1.82) is 0 Å². The molecule has 0 atom stereocenters. The van der Waals surface area contributed by atoms with E-state index >= 15 is 0 Å². The Hall–Kier alpha value is -4.17. The summed E-state index contributed by atoms with van der Waals surface area (Å²) in [6.45, 7) is 8.27. The van der Waals surface area contributed by atoms with Gasteiger partial charge in [0.1, 0.15) is 22.8 Å². The molecule has 2 aromatic carbocycles. The molecule has 0 unspecified atom stereocenters. The molecule has 11 heteroatoms. The molecule has 4 aromatic rings. The first-order valence-corrected chi connectivity index (χ1v) is 11.4. The minimum atomic E-state index is -4.81. The van der Waals surface area contributed by atoms with Crippen molar-refractivity contribution in [1.82, 2.24) is 15.0 Å². The molecule has 0 radical (unpaired) electrons. The highest BCUT2D eigenvalue weighted by atomic mass is 19.4. The number of hydrogen-bond donors (Lipinski definition) is 1. The molecule has 0 spiro atoms. The van der Waals surface area contributed by atoms with Crippen molar-refractivity contribution in [3.05, 3.63) is 77.1 Å². The number of aromatic nitrogens is 3. The van der Waals surface area contributed by atoms with Gasteiger partial charge in [-0.05, 0) is 43.2 Å². The molecule has 0 aliphatic carbocycles. The predicted molar refractivity (Wildman–Crippen MR) is 129 cm³/mol. The molecule has 2 aromatic heterocycles. The van der Waals surface area contributed by atoms with Gasteiger partial charge in [0.2, 0.25) is 11.6 Å². The highest BCUT2D eigenvalue weighted by molar-refractivity contribution is 5.92. The molecule has 1 fully saturated rings. The van der Waals surface area contributed by atoms with E-state index in [0.29, 0.717) is 19.0 Å². The van der Waals surface area contributed by atoms with Gasteiger partial charge in [-0.2, -0.15) is 13.2 Å². The number of benzene rings is 2. The molecule has 1 saturated heterocycles. The largest absolute Gasteiger partial charge is 0.417 e. The van der Waals surface area contributed by atoms with Crippen LogP contribution in [-0.2, 0) is 6.18 Å². The lowest BCUT2D eigenvalue weighted by atomic mass is 10.0. The van der Waals surface area contributed by atoms with Crippen LogP contribution >= 0.6 is 0 Å². The molecule has 0 amide bonds. The lowest BCUT2D eigenvalue weighted by Gasteiger charge is -2.30. The number of fused-ring (bicyclic) bond motifs is 1. The van der Waals surface area contributed by atoms with E-state index < -0.39 is 28.9 Å². The number of nitrogens with zero attached hydrogens (tertiary/aromatic N) is 5. The van der Waals surface area contributed by atoms with Gasteiger partial charge in [0.05, 0.1) is 23.3 Å². The van der Waals surface area contributed by atoms with Crippen LogP contribution in [-0.4, -0.2) is 34.1 Å². The molecule has 1 aliphatic heterocycles. The fraction of sp³-hybridized carbons (Fsp3) is 0.231. The SMILES string of the molecule is [C-]#[N+]c1ccc(-c2nc(N3CCC(N)CC3)nc3ccc(-c4c(F)cccc4C(F)(F)F)nc23)cc1F. The van der Waals surface area contributed by atoms with Crippen LogP contribution in [0.4, 0.5) is 33.6 Å². The number of nitrogens with two attached hydrogens (primary N) is 1. The smallest absolute Gasteiger partial charge is 0.341 e. The van der Waals surface area contributed by atoms with Crippen LogP contribution in [0.5, 0.6) is 0 Å². The minimum absolute atomic E-state index is 0.0549. The summed E-state index contributed by atoms with van der Waals surface area (Å²) in [5, 5.41) is 0. The molecule has 0 bridgehead atoms. The predicted octanol–water partition coefficient (Wildman–Crippen LogP) is 6.13. The molecule has 2 N–H and O–H groups in total. The van der Waals surface area contributed by atoms with Crippen molar-refractivity contribution < 1.29 is 22.0 Å². The Morgan fingerprint density at radius 2 is 1.70 bits per heavy atom. The van der Waals surface area contributed by atoms with Gasteiger partial charge in [0.25, 0.3) is 0 Å². The lowest BCUT2D eigenvalue weighted by Crippen LogP contribution is -2.40. The van der Waals surface area contributed by atoms with Gasteiger partial charge < -0.3 is 10.6 Å². The molecule has 3 heterocycles. The van der Waals surface area contributed by atoms with Crippen molar-refractivity contribution in [3.8, 4) is 22.5 Å². The summed E-state index contributed by atoms with van der Waals surface area (Å²) in [5.74, 6) is -1.53. The van der Waals surface area contributed by atoms with Gasteiger partial charge in [-0.15, -0.1) is 0 Å². The average molecular weight is 510 g/mol. The quantitative estimate of drug-likeness (QED) is 0.265. The summed E-state index contributed by atoms with van der Waals surface area (Å²) >= 11 is 0. The summed E-state index contributed by atoms with van der Waals surface area (Å²) in [5.41, 5.74) is 4.43. The Morgan fingerprint density at radius 3 is 2.38 bits per heavy atom.